The third-order valence-electron chi connectivity index (χ3n) is 8.91. The number of phosphoric acid groups is 1. The van der Waals surface area contributed by atoms with Gasteiger partial charge in [0.15, 0.2) is 6.10 Å². The van der Waals surface area contributed by atoms with Crippen molar-refractivity contribution >= 4 is 19.8 Å². The molecule has 0 aromatic rings. The second-order valence-corrected chi connectivity index (χ2v) is 16.8. The Hall–Kier alpha value is -1.77. The first-order chi connectivity index (χ1) is 25.5. The van der Waals surface area contributed by atoms with Gasteiger partial charge in [-0.15, -0.1) is 0 Å². The number of unbranched alkanes of at least 4 members (excludes halogenated alkanes) is 18. The number of hydrogen-bond acceptors (Lipinski definition) is 8. The number of ether oxygens (including phenoxy) is 2. The van der Waals surface area contributed by atoms with E-state index in [0.29, 0.717) is 17.4 Å². The van der Waals surface area contributed by atoms with Crippen molar-refractivity contribution in [2.75, 3.05) is 47.5 Å². The topological polar surface area (TPSA) is 111 Å². The van der Waals surface area contributed by atoms with Gasteiger partial charge in [-0.25, -0.2) is 0 Å². The van der Waals surface area contributed by atoms with Crippen molar-refractivity contribution < 1.29 is 42.1 Å². The summed E-state index contributed by atoms with van der Waals surface area (Å²) in [5.41, 5.74) is 0. The summed E-state index contributed by atoms with van der Waals surface area (Å²) < 4.78 is 33.8. The fraction of sp³-hybridized carbons (Fsp3) is 0.814. The molecule has 0 aliphatic carbocycles. The monoisotopic (exact) mass is 770 g/mol. The molecule has 2 atom stereocenters. The van der Waals surface area contributed by atoms with E-state index < -0.39 is 26.5 Å². The number of esters is 2. The van der Waals surface area contributed by atoms with Crippen molar-refractivity contribution in [3.05, 3.63) is 36.5 Å². The molecule has 53 heavy (non-hydrogen) atoms. The van der Waals surface area contributed by atoms with Crippen LogP contribution < -0.4 is 4.89 Å². The Kier molecular flexibility index (Phi) is 34.7. The van der Waals surface area contributed by atoms with Gasteiger partial charge in [0.2, 0.25) is 0 Å². The van der Waals surface area contributed by atoms with E-state index in [2.05, 4.69) is 50.3 Å². The van der Waals surface area contributed by atoms with Crippen LogP contribution in [0.4, 0.5) is 0 Å². The van der Waals surface area contributed by atoms with Crippen molar-refractivity contribution in [3.63, 3.8) is 0 Å². The molecule has 0 aliphatic rings. The van der Waals surface area contributed by atoms with E-state index in [1.54, 1.807) is 0 Å². The average Bonchev–Trinajstić information content (AvgIpc) is 3.10. The second-order valence-electron chi connectivity index (χ2n) is 15.4. The van der Waals surface area contributed by atoms with Gasteiger partial charge in [0, 0.05) is 12.8 Å². The highest BCUT2D eigenvalue weighted by Gasteiger charge is 2.21. The van der Waals surface area contributed by atoms with Crippen molar-refractivity contribution in [2.45, 2.75) is 180 Å². The minimum Gasteiger partial charge on any atom is -0.756 e. The van der Waals surface area contributed by atoms with E-state index in [4.69, 9.17) is 18.5 Å². The quantitative estimate of drug-likeness (QED) is 0.0201. The summed E-state index contributed by atoms with van der Waals surface area (Å²) >= 11 is 0. The smallest absolute Gasteiger partial charge is 0.306 e. The molecule has 0 fully saturated rings. The molecule has 9 nitrogen and oxygen atoms in total. The maximum atomic E-state index is 12.6. The number of allylic oxidation sites excluding steroid dienone is 6. The van der Waals surface area contributed by atoms with E-state index in [9.17, 15) is 19.0 Å². The molecule has 0 spiro atoms. The summed E-state index contributed by atoms with van der Waals surface area (Å²) in [6, 6.07) is 0. The Morgan fingerprint density at radius 3 is 1.55 bits per heavy atom. The summed E-state index contributed by atoms with van der Waals surface area (Å²) in [5, 5.41) is 0. The van der Waals surface area contributed by atoms with Crippen LogP contribution in [-0.4, -0.2) is 70.0 Å². The lowest BCUT2D eigenvalue weighted by Crippen LogP contribution is -2.37. The van der Waals surface area contributed by atoms with Gasteiger partial charge in [0.05, 0.1) is 27.7 Å². The zero-order valence-electron chi connectivity index (χ0n) is 34.7. The number of phosphoric ester groups is 1. The zero-order valence-corrected chi connectivity index (χ0v) is 35.6. The molecule has 0 amide bonds. The molecule has 2 unspecified atom stereocenters. The lowest BCUT2D eigenvalue weighted by Gasteiger charge is -2.28. The minimum atomic E-state index is -4.62. The van der Waals surface area contributed by atoms with Gasteiger partial charge in [-0.05, 0) is 51.4 Å². The standard InChI is InChI=1S/C43H80NO8P/c1-6-8-10-12-14-16-18-19-20-21-22-23-24-25-26-28-30-32-34-36-43(46)52-41(40-51-53(47,48)50-38-37-44(3,4)5)39-49-42(45)35-33-31-29-27-17-15-13-11-9-7-2/h14,16,19-20,22-23,41H,6-13,15,17-18,21,24-40H2,1-5H3/b16-14-,20-19-,23-22-. The van der Waals surface area contributed by atoms with E-state index in [1.807, 2.05) is 21.1 Å². The maximum Gasteiger partial charge on any atom is 0.306 e. The Bertz CT molecular complexity index is 1010. The molecule has 0 N–H and O–H groups in total. The van der Waals surface area contributed by atoms with Gasteiger partial charge in [0.25, 0.3) is 7.82 Å². The fourth-order valence-electron chi connectivity index (χ4n) is 5.54. The van der Waals surface area contributed by atoms with E-state index >= 15 is 0 Å². The van der Waals surface area contributed by atoms with Crippen molar-refractivity contribution in [2.24, 2.45) is 0 Å². The van der Waals surface area contributed by atoms with Crippen LogP contribution in [0.25, 0.3) is 0 Å². The number of nitrogens with zero attached hydrogens (tertiary/aromatic N) is 1. The van der Waals surface area contributed by atoms with Crippen LogP contribution >= 0.6 is 7.82 Å². The van der Waals surface area contributed by atoms with Crippen LogP contribution in [0.1, 0.15) is 174 Å². The van der Waals surface area contributed by atoms with Gasteiger partial charge >= 0.3 is 11.9 Å². The molecule has 0 saturated carbocycles. The summed E-state index contributed by atoms with van der Waals surface area (Å²) in [6.45, 7) is 4.16. The molecule has 0 radical (unpaired) electrons. The van der Waals surface area contributed by atoms with Crippen LogP contribution in [-0.2, 0) is 32.7 Å². The van der Waals surface area contributed by atoms with E-state index in [0.717, 1.165) is 70.6 Å². The second kappa shape index (κ2) is 35.9. The molecule has 0 bridgehead atoms. The Balaban J connectivity index is 4.37. The van der Waals surface area contributed by atoms with Crippen LogP contribution in [0.3, 0.4) is 0 Å². The molecular formula is C43H80NO8P. The SMILES string of the molecule is CCCCC/C=C\C/C=C\C/C=C\CCCCCCCCC(=O)OC(COC(=O)CCCCCCCCCCCC)COP(=O)([O-])OCC[N+](C)(C)C. The first kappa shape index (κ1) is 51.2. The van der Waals surface area contributed by atoms with Crippen LogP contribution in [0.15, 0.2) is 36.5 Å². The highest BCUT2D eigenvalue weighted by Crippen LogP contribution is 2.38. The normalized spacial score (nSPS) is 14.0. The molecule has 0 aliphatic heterocycles. The van der Waals surface area contributed by atoms with Crippen molar-refractivity contribution in [3.8, 4) is 0 Å². The maximum absolute atomic E-state index is 12.6. The van der Waals surface area contributed by atoms with Crippen LogP contribution in [0.2, 0.25) is 0 Å². The number of carbonyl (C=O) groups excluding carboxylic acids is 2. The Morgan fingerprint density at radius 1 is 0.585 bits per heavy atom. The summed E-state index contributed by atoms with van der Waals surface area (Å²) in [6.07, 6.45) is 38.8. The van der Waals surface area contributed by atoms with Crippen LogP contribution in [0.5, 0.6) is 0 Å². The number of quaternary nitrogens is 1. The Morgan fingerprint density at radius 2 is 1.02 bits per heavy atom. The van der Waals surface area contributed by atoms with Crippen molar-refractivity contribution in [1.29, 1.82) is 0 Å². The van der Waals surface area contributed by atoms with E-state index in [-0.39, 0.29) is 32.0 Å². The fourth-order valence-corrected chi connectivity index (χ4v) is 6.27. The van der Waals surface area contributed by atoms with E-state index in [1.165, 1.54) is 70.6 Å². The predicted octanol–water partition coefficient (Wildman–Crippen LogP) is 11.1. The van der Waals surface area contributed by atoms with Gasteiger partial charge in [-0.3, -0.25) is 14.2 Å². The summed E-state index contributed by atoms with van der Waals surface area (Å²) in [7, 11) is 1.15. The summed E-state index contributed by atoms with van der Waals surface area (Å²) in [5.74, 6) is -0.850. The summed E-state index contributed by atoms with van der Waals surface area (Å²) in [4.78, 5) is 37.4. The average molecular weight is 770 g/mol. The third-order valence-corrected chi connectivity index (χ3v) is 9.88. The lowest BCUT2D eigenvalue weighted by molar-refractivity contribution is -0.870. The first-order valence-corrected chi connectivity index (χ1v) is 22.7. The number of rotatable bonds is 38. The largest absolute Gasteiger partial charge is 0.756 e. The number of carbonyl (C=O) groups is 2. The molecular weight excluding hydrogens is 689 g/mol. The molecule has 0 rings (SSSR count). The highest BCUT2D eigenvalue weighted by molar-refractivity contribution is 7.45. The first-order valence-electron chi connectivity index (χ1n) is 21.2. The highest BCUT2D eigenvalue weighted by atomic mass is 31.2. The molecule has 10 heteroatoms. The minimum absolute atomic E-state index is 0.0333. The van der Waals surface area contributed by atoms with Gasteiger partial charge in [-0.1, -0.05) is 147 Å². The number of hydrogen-bond donors (Lipinski definition) is 0. The molecule has 310 valence electrons. The van der Waals surface area contributed by atoms with Crippen molar-refractivity contribution in [1.82, 2.24) is 0 Å². The predicted molar refractivity (Wildman–Crippen MR) is 217 cm³/mol. The molecule has 0 aromatic carbocycles. The molecule has 0 aromatic heterocycles. The van der Waals surface area contributed by atoms with Gasteiger partial charge in [-0.2, -0.15) is 0 Å². The van der Waals surface area contributed by atoms with Gasteiger partial charge in [0.1, 0.15) is 19.8 Å². The zero-order chi connectivity index (χ0) is 39.3. The Labute approximate surface area is 325 Å². The number of likely N-dealkylation sites (N-methyl/N-ethyl adjacent to an activating group) is 1. The van der Waals surface area contributed by atoms with Crippen LogP contribution in [0, 0.1) is 0 Å². The third kappa shape index (κ3) is 39.7. The lowest BCUT2D eigenvalue weighted by atomic mass is 10.1. The molecule has 0 saturated heterocycles. The molecule has 0 heterocycles. The van der Waals surface area contributed by atoms with Gasteiger partial charge < -0.3 is 27.9 Å².